The molecule has 0 spiro atoms. The Morgan fingerprint density at radius 2 is 2.06 bits per heavy atom. The molecule has 0 radical (unpaired) electrons. The van der Waals surface area contributed by atoms with E-state index in [1.165, 1.54) is 0 Å². The second kappa shape index (κ2) is 5.59. The molecule has 0 aliphatic rings. The minimum atomic E-state index is 0.306. The summed E-state index contributed by atoms with van der Waals surface area (Å²) in [5.41, 5.74) is 1.02. The van der Waals surface area contributed by atoms with Crippen molar-refractivity contribution in [3.63, 3.8) is 0 Å². The average Bonchev–Trinajstić information content (AvgIpc) is 2.38. The third-order valence-electron chi connectivity index (χ3n) is 2.29. The predicted octanol–water partition coefficient (Wildman–Crippen LogP) is 3.09. The van der Waals surface area contributed by atoms with Crippen molar-refractivity contribution in [2.24, 2.45) is 0 Å². The number of phenolic OH excluding ortho intramolecular Hbond substituents is 1. The van der Waals surface area contributed by atoms with E-state index in [0.29, 0.717) is 17.4 Å². The molecular weight excluding hydrogens is 234 g/mol. The normalized spacial score (nSPS) is 10.2. The van der Waals surface area contributed by atoms with Crippen molar-refractivity contribution in [3.8, 4) is 11.6 Å². The van der Waals surface area contributed by atoms with E-state index in [0.717, 1.165) is 10.5 Å². The van der Waals surface area contributed by atoms with Gasteiger partial charge in [-0.05, 0) is 18.2 Å². The number of para-hydroxylation sites is 1. The summed E-state index contributed by atoms with van der Waals surface area (Å²) in [6.07, 6.45) is 1.70. The quantitative estimate of drug-likeness (QED) is 0.843. The number of aromatic nitrogens is 1. The highest BCUT2D eigenvalue weighted by Gasteiger charge is 2.05. The largest absolute Gasteiger partial charge is 0.507 e. The first-order valence-corrected chi connectivity index (χ1v) is 6.18. The van der Waals surface area contributed by atoms with E-state index in [1.807, 2.05) is 30.3 Å². The number of pyridine rings is 1. The molecule has 1 heterocycles. The van der Waals surface area contributed by atoms with Gasteiger partial charge in [0.25, 0.3) is 0 Å². The standard InChI is InChI=1S/C13H13NO2S/c1-16-13-10(5-4-8-14-13)9-17-12-7-3-2-6-11(12)15/h2-8,15H,9H2,1H3. The van der Waals surface area contributed by atoms with Crippen LogP contribution >= 0.6 is 11.8 Å². The number of aromatic hydroxyl groups is 1. The molecule has 3 nitrogen and oxygen atoms in total. The second-order valence-corrected chi connectivity index (χ2v) is 4.45. The summed E-state index contributed by atoms with van der Waals surface area (Å²) in [4.78, 5) is 4.99. The van der Waals surface area contributed by atoms with Crippen LogP contribution in [0.1, 0.15) is 5.56 Å². The van der Waals surface area contributed by atoms with Crippen molar-refractivity contribution in [1.82, 2.24) is 4.98 Å². The molecule has 2 rings (SSSR count). The fourth-order valence-corrected chi connectivity index (χ4v) is 2.37. The molecule has 0 amide bonds. The van der Waals surface area contributed by atoms with Gasteiger partial charge in [0.15, 0.2) is 0 Å². The smallest absolute Gasteiger partial charge is 0.217 e. The molecule has 1 N–H and O–H groups in total. The summed E-state index contributed by atoms with van der Waals surface area (Å²) >= 11 is 1.56. The predicted molar refractivity (Wildman–Crippen MR) is 68.5 cm³/mol. The first-order valence-electron chi connectivity index (χ1n) is 5.20. The Balaban J connectivity index is 2.10. The molecule has 0 aliphatic heterocycles. The number of phenols is 1. The Hall–Kier alpha value is -1.68. The molecule has 17 heavy (non-hydrogen) atoms. The first-order chi connectivity index (χ1) is 8.31. The van der Waals surface area contributed by atoms with Gasteiger partial charge in [-0.2, -0.15) is 0 Å². The molecule has 4 heteroatoms. The molecule has 0 fully saturated rings. The summed E-state index contributed by atoms with van der Waals surface area (Å²) < 4.78 is 5.18. The van der Waals surface area contributed by atoms with Gasteiger partial charge in [-0.25, -0.2) is 4.98 Å². The summed E-state index contributed by atoms with van der Waals surface area (Å²) in [6, 6.07) is 11.1. The Kier molecular flexibility index (Phi) is 3.88. The minimum absolute atomic E-state index is 0.306. The Bertz CT molecular complexity index is 502. The highest BCUT2D eigenvalue weighted by molar-refractivity contribution is 7.98. The Morgan fingerprint density at radius 1 is 1.24 bits per heavy atom. The van der Waals surface area contributed by atoms with Crippen molar-refractivity contribution in [2.45, 2.75) is 10.6 Å². The van der Waals surface area contributed by atoms with Gasteiger partial charge in [-0.1, -0.05) is 18.2 Å². The van der Waals surface area contributed by atoms with Gasteiger partial charge in [0.05, 0.1) is 7.11 Å². The van der Waals surface area contributed by atoms with Gasteiger partial charge in [0.1, 0.15) is 5.75 Å². The third kappa shape index (κ3) is 2.91. The monoisotopic (exact) mass is 247 g/mol. The van der Waals surface area contributed by atoms with Crippen LogP contribution in [0.3, 0.4) is 0 Å². The van der Waals surface area contributed by atoms with Crippen LogP contribution in [0.4, 0.5) is 0 Å². The molecule has 0 atom stereocenters. The van der Waals surface area contributed by atoms with E-state index in [2.05, 4.69) is 4.98 Å². The number of hydrogen-bond donors (Lipinski definition) is 1. The number of methoxy groups -OCH3 is 1. The number of benzene rings is 1. The van der Waals surface area contributed by atoms with Crippen molar-refractivity contribution >= 4 is 11.8 Å². The van der Waals surface area contributed by atoms with Gasteiger partial charge in [0, 0.05) is 22.4 Å². The van der Waals surface area contributed by atoms with Crippen LogP contribution in [0.5, 0.6) is 11.6 Å². The van der Waals surface area contributed by atoms with Crippen molar-refractivity contribution in [3.05, 3.63) is 48.2 Å². The summed E-state index contributed by atoms with van der Waals surface area (Å²) in [7, 11) is 1.61. The highest BCUT2D eigenvalue weighted by atomic mass is 32.2. The lowest BCUT2D eigenvalue weighted by molar-refractivity contribution is 0.394. The zero-order chi connectivity index (χ0) is 12.1. The molecule has 1 aromatic carbocycles. The lowest BCUT2D eigenvalue weighted by atomic mass is 10.3. The van der Waals surface area contributed by atoms with E-state index in [-0.39, 0.29) is 0 Å². The maximum Gasteiger partial charge on any atom is 0.217 e. The maximum atomic E-state index is 9.65. The van der Waals surface area contributed by atoms with Crippen LogP contribution in [-0.2, 0) is 5.75 Å². The van der Waals surface area contributed by atoms with Crippen LogP contribution in [-0.4, -0.2) is 17.2 Å². The van der Waals surface area contributed by atoms with Crippen molar-refractivity contribution in [2.75, 3.05) is 7.11 Å². The van der Waals surface area contributed by atoms with Gasteiger partial charge in [-0.3, -0.25) is 0 Å². The SMILES string of the molecule is COc1ncccc1CSc1ccccc1O. The fraction of sp³-hybridized carbons (Fsp3) is 0.154. The molecule has 1 aromatic heterocycles. The topological polar surface area (TPSA) is 42.4 Å². The summed E-state index contributed by atoms with van der Waals surface area (Å²) in [5, 5.41) is 9.65. The number of hydrogen-bond acceptors (Lipinski definition) is 4. The van der Waals surface area contributed by atoms with E-state index in [4.69, 9.17) is 4.74 Å². The molecular formula is C13H13NO2S. The van der Waals surface area contributed by atoms with E-state index in [1.54, 1.807) is 31.1 Å². The van der Waals surface area contributed by atoms with E-state index >= 15 is 0 Å². The van der Waals surface area contributed by atoms with Gasteiger partial charge < -0.3 is 9.84 Å². The number of rotatable bonds is 4. The Labute approximate surface area is 104 Å². The summed E-state index contributed by atoms with van der Waals surface area (Å²) in [6.45, 7) is 0. The van der Waals surface area contributed by atoms with Crippen LogP contribution < -0.4 is 4.74 Å². The molecule has 0 saturated heterocycles. The van der Waals surface area contributed by atoms with Gasteiger partial charge in [-0.15, -0.1) is 11.8 Å². The number of thioether (sulfide) groups is 1. The molecule has 0 bridgehead atoms. The highest BCUT2D eigenvalue weighted by Crippen LogP contribution is 2.31. The second-order valence-electron chi connectivity index (χ2n) is 3.43. The van der Waals surface area contributed by atoms with Crippen LogP contribution in [0.2, 0.25) is 0 Å². The van der Waals surface area contributed by atoms with Crippen LogP contribution in [0.25, 0.3) is 0 Å². The fourth-order valence-electron chi connectivity index (χ4n) is 1.45. The Morgan fingerprint density at radius 3 is 2.82 bits per heavy atom. The maximum absolute atomic E-state index is 9.65. The molecule has 2 aromatic rings. The third-order valence-corrected chi connectivity index (χ3v) is 3.40. The molecule has 0 saturated carbocycles. The minimum Gasteiger partial charge on any atom is -0.507 e. The van der Waals surface area contributed by atoms with Crippen LogP contribution in [0, 0.1) is 0 Å². The van der Waals surface area contributed by atoms with E-state index in [9.17, 15) is 5.11 Å². The molecule has 0 unspecified atom stereocenters. The molecule has 88 valence electrons. The summed E-state index contributed by atoms with van der Waals surface area (Å²) in [5.74, 6) is 1.66. The number of nitrogens with zero attached hydrogens (tertiary/aromatic N) is 1. The van der Waals surface area contributed by atoms with Crippen molar-refractivity contribution < 1.29 is 9.84 Å². The van der Waals surface area contributed by atoms with Crippen molar-refractivity contribution in [1.29, 1.82) is 0 Å². The zero-order valence-electron chi connectivity index (χ0n) is 9.46. The first kappa shape index (κ1) is 11.8. The lowest BCUT2D eigenvalue weighted by Gasteiger charge is -2.07. The zero-order valence-corrected chi connectivity index (χ0v) is 10.3. The average molecular weight is 247 g/mol. The molecule has 0 aliphatic carbocycles. The van der Waals surface area contributed by atoms with Crippen LogP contribution in [0.15, 0.2) is 47.5 Å². The van der Waals surface area contributed by atoms with Gasteiger partial charge >= 0.3 is 0 Å². The number of ether oxygens (including phenoxy) is 1. The lowest BCUT2D eigenvalue weighted by Crippen LogP contribution is -1.92. The van der Waals surface area contributed by atoms with Gasteiger partial charge in [0.2, 0.25) is 5.88 Å². The van der Waals surface area contributed by atoms with E-state index < -0.39 is 0 Å².